The summed E-state index contributed by atoms with van der Waals surface area (Å²) >= 11 is 5.45. The van der Waals surface area contributed by atoms with E-state index in [4.69, 9.17) is 12.2 Å². The fourth-order valence-electron chi connectivity index (χ4n) is 3.54. The van der Waals surface area contributed by atoms with Gasteiger partial charge < -0.3 is 9.67 Å². The lowest BCUT2D eigenvalue weighted by molar-refractivity contribution is 0.374. The van der Waals surface area contributed by atoms with Crippen LogP contribution in [0, 0.1) is 0 Å². The minimum atomic E-state index is -1.05. The van der Waals surface area contributed by atoms with E-state index in [1.807, 2.05) is 55.5 Å². The number of hydrazine groups is 1. The number of anilines is 1. The molecular weight excluding hydrogens is 348 g/mol. The molecule has 132 valence electrons. The highest BCUT2D eigenvalue weighted by atomic mass is 32.1. The van der Waals surface area contributed by atoms with Crippen LogP contribution in [0.25, 0.3) is 10.9 Å². The molecule has 2 heterocycles. The van der Waals surface area contributed by atoms with Gasteiger partial charge in [0, 0.05) is 18.1 Å². The second-order valence-electron chi connectivity index (χ2n) is 6.40. The van der Waals surface area contributed by atoms with Gasteiger partial charge in [-0.25, -0.2) is 5.43 Å². The van der Waals surface area contributed by atoms with Crippen LogP contribution in [0.2, 0.25) is 0 Å². The lowest BCUT2D eigenvalue weighted by Crippen LogP contribution is -2.51. The molecule has 0 spiro atoms. The molecule has 1 fully saturated rings. The summed E-state index contributed by atoms with van der Waals surface area (Å²) in [5.41, 5.74) is 6.38. The normalized spacial score (nSPS) is 19.8. The van der Waals surface area contributed by atoms with Crippen LogP contribution in [0.5, 0.6) is 5.75 Å². The number of para-hydroxylation sites is 2. The Hall–Kier alpha value is -2.90. The number of nitrogens with one attached hydrogen (secondary N) is 2. The molecule has 1 saturated heterocycles. The highest BCUT2D eigenvalue weighted by Gasteiger charge is 2.46. The molecule has 1 aromatic heterocycles. The van der Waals surface area contributed by atoms with Gasteiger partial charge in [-0.3, -0.25) is 15.1 Å². The van der Waals surface area contributed by atoms with Gasteiger partial charge in [0.25, 0.3) is 5.56 Å². The van der Waals surface area contributed by atoms with E-state index in [0.29, 0.717) is 16.0 Å². The summed E-state index contributed by atoms with van der Waals surface area (Å²) in [5, 5.41) is 12.0. The fraction of sp³-hybridized carbons (Fsp3) is 0.158. The highest BCUT2D eigenvalue weighted by Crippen LogP contribution is 2.38. The number of thiocarbonyl (C=S) groups is 1. The monoisotopic (exact) mass is 366 g/mol. The summed E-state index contributed by atoms with van der Waals surface area (Å²) < 4.78 is 1.54. The molecule has 1 aliphatic heterocycles. The molecular formula is C19H18N4O2S. The van der Waals surface area contributed by atoms with E-state index in [9.17, 15) is 9.90 Å². The van der Waals surface area contributed by atoms with E-state index < -0.39 is 5.66 Å². The largest absolute Gasteiger partial charge is 0.507 e. The van der Waals surface area contributed by atoms with E-state index in [2.05, 4.69) is 10.9 Å². The fourth-order valence-corrected chi connectivity index (χ4v) is 3.87. The van der Waals surface area contributed by atoms with Crippen LogP contribution in [-0.2, 0) is 12.7 Å². The van der Waals surface area contributed by atoms with Crippen molar-refractivity contribution in [2.45, 2.75) is 12.6 Å². The number of benzene rings is 2. The Bertz CT molecular complexity index is 1080. The summed E-state index contributed by atoms with van der Waals surface area (Å²) in [6.07, 6.45) is 0. The van der Waals surface area contributed by atoms with Crippen LogP contribution >= 0.6 is 12.2 Å². The number of pyridine rings is 1. The van der Waals surface area contributed by atoms with Crippen molar-refractivity contribution >= 4 is 33.9 Å². The second-order valence-corrected chi connectivity index (χ2v) is 6.79. The first-order chi connectivity index (χ1) is 12.4. The number of aromatic hydroxyl groups is 1. The zero-order chi connectivity index (χ0) is 18.5. The number of rotatable bonds is 2. The smallest absolute Gasteiger partial charge is 0.261 e. The molecule has 7 heteroatoms. The van der Waals surface area contributed by atoms with Crippen molar-refractivity contribution in [2.75, 3.05) is 4.90 Å². The lowest BCUT2D eigenvalue weighted by Gasteiger charge is -2.35. The maximum atomic E-state index is 13.1. The zero-order valence-electron chi connectivity index (χ0n) is 14.4. The molecule has 2 aromatic carbocycles. The van der Waals surface area contributed by atoms with E-state index >= 15 is 0 Å². The van der Waals surface area contributed by atoms with Crippen LogP contribution in [0.3, 0.4) is 0 Å². The number of aryl methyl sites for hydroxylation is 1. The first-order valence-corrected chi connectivity index (χ1v) is 8.59. The Morgan fingerprint density at radius 3 is 2.46 bits per heavy atom. The van der Waals surface area contributed by atoms with Crippen LogP contribution in [0.1, 0.15) is 12.5 Å². The molecule has 26 heavy (non-hydrogen) atoms. The number of aromatic nitrogens is 1. The molecule has 4 rings (SSSR count). The first kappa shape index (κ1) is 16.6. The summed E-state index contributed by atoms with van der Waals surface area (Å²) in [7, 11) is 1.70. The Balaban J connectivity index is 2.02. The molecule has 1 aliphatic rings. The van der Waals surface area contributed by atoms with Gasteiger partial charge in [-0.05, 0) is 43.4 Å². The predicted octanol–water partition coefficient (Wildman–Crippen LogP) is 2.32. The van der Waals surface area contributed by atoms with Crippen molar-refractivity contribution in [3.63, 3.8) is 0 Å². The third-order valence-electron chi connectivity index (χ3n) is 4.84. The molecule has 0 unspecified atom stereocenters. The first-order valence-electron chi connectivity index (χ1n) is 8.19. The van der Waals surface area contributed by atoms with Crippen molar-refractivity contribution in [3.05, 3.63) is 70.5 Å². The van der Waals surface area contributed by atoms with Gasteiger partial charge in [-0.15, -0.1) is 0 Å². The molecule has 6 nitrogen and oxygen atoms in total. The van der Waals surface area contributed by atoms with Crippen molar-refractivity contribution in [2.24, 2.45) is 7.05 Å². The summed E-state index contributed by atoms with van der Waals surface area (Å²) in [5.74, 6) is -0.0499. The third kappa shape index (κ3) is 2.21. The van der Waals surface area contributed by atoms with Gasteiger partial charge in [-0.1, -0.05) is 30.3 Å². The van der Waals surface area contributed by atoms with Gasteiger partial charge in [0.15, 0.2) is 5.11 Å². The number of nitrogens with zero attached hydrogens (tertiary/aromatic N) is 2. The molecule has 3 N–H and O–H groups in total. The zero-order valence-corrected chi connectivity index (χ0v) is 15.2. The van der Waals surface area contributed by atoms with E-state index in [0.717, 1.165) is 5.69 Å². The third-order valence-corrected chi connectivity index (χ3v) is 5.12. The van der Waals surface area contributed by atoms with Gasteiger partial charge in [0.1, 0.15) is 17.0 Å². The van der Waals surface area contributed by atoms with Crippen molar-refractivity contribution < 1.29 is 5.11 Å². The number of fused-ring (bicyclic) bond motifs is 1. The number of hydrogen-bond acceptors (Lipinski definition) is 4. The van der Waals surface area contributed by atoms with Crippen LogP contribution < -0.4 is 21.3 Å². The summed E-state index contributed by atoms with van der Waals surface area (Å²) in [6, 6.07) is 16.8. The quantitative estimate of drug-likeness (QED) is 0.605. The summed E-state index contributed by atoms with van der Waals surface area (Å²) in [6.45, 7) is 1.82. The van der Waals surface area contributed by atoms with Crippen LogP contribution in [0.15, 0.2) is 59.4 Å². The van der Waals surface area contributed by atoms with Crippen molar-refractivity contribution in [1.82, 2.24) is 15.4 Å². The Kier molecular flexibility index (Phi) is 3.71. The molecule has 1 atom stereocenters. The Labute approximate surface area is 155 Å². The Morgan fingerprint density at radius 1 is 1.08 bits per heavy atom. The molecule has 0 aliphatic carbocycles. The SMILES string of the molecule is Cn1c(=O)c([C@]2(C)NNC(=S)N2c2ccccc2)c(O)c2ccccc21. The van der Waals surface area contributed by atoms with Gasteiger partial charge in [-0.2, -0.15) is 0 Å². The van der Waals surface area contributed by atoms with Gasteiger partial charge in [0.05, 0.1) is 5.52 Å². The lowest BCUT2D eigenvalue weighted by atomic mass is 9.97. The molecule has 3 aromatic rings. The minimum absolute atomic E-state index is 0.0499. The number of hydrogen-bond donors (Lipinski definition) is 3. The summed E-state index contributed by atoms with van der Waals surface area (Å²) in [4.78, 5) is 14.9. The standard InChI is InChI=1S/C19H18N4O2S/c1-19(21-20-18(26)23(19)12-8-4-3-5-9-12)15-16(24)13-10-6-7-11-14(13)22(2)17(15)25/h3-11,21,24H,1-2H3,(H,20,26)/t19-/m1/s1. The van der Waals surface area contributed by atoms with Gasteiger partial charge >= 0.3 is 0 Å². The van der Waals surface area contributed by atoms with E-state index in [1.165, 1.54) is 0 Å². The van der Waals surface area contributed by atoms with E-state index in [-0.39, 0.29) is 16.9 Å². The average molecular weight is 366 g/mol. The topological polar surface area (TPSA) is 69.5 Å². The minimum Gasteiger partial charge on any atom is -0.507 e. The van der Waals surface area contributed by atoms with Crippen LogP contribution in [0.4, 0.5) is 5.69 Å². The molecule has 0 bridgehead atoms. The second kappa shape index (κ2) is 5.82. The van der Waals surface area contributed by atoms with Crippen molar-refractivity contribution in [1.29, 1.82) is 0 Å². The highest BCUT2D eigenvalue weighted by molar-refractivity contribution is 7.80. The van der Waals surface area contributed by atoms with E-state index in [1.54, 1.807) is 22.6 Å². The molecule has 0 amide bonds. The molecule has 0 saturated carbocycles. The van der Waals surface area contributed by atoms with Crippen LogP contribution in [-0.4, -0.2) is 14.8 Å². The maximum absolute atomic E-state index is 13.1. The maximum Gasteiger partial charge on any atom is 0.261 e. The average Bonchev–Trinajstić information content (AvgIpc) is 2.96. The predicted molar refractivity (Wildman–Crippen MR) is 106 cm³/mol. The van der Waals surface area contributed by atoms with Gasteiger partial charge in [0.2, 0.25) is 0 Å². The molecule has 0 radical (unpaired) electrons. The van der Waals surface area contributed by atoms with Crippen molar-refractivity contribution in [3.8, 4) is 5.75 Å². The Morgan fingerprint density at radius 2 is 1.73 bits per heavy atom.